The molecule has 3 rings (SSSR count). The molecule has 0 bridgehead atoms. The maximum atomic E-state index is 12.9. The van der Waals surface area contributed by atoms with E-state index in [1.54, 1.807) is 19.1 Å². The molecule has 0 unspecified atom stereocenters. The van der Waals surface area contributed by atoms with Gasteiger partial charge in [-0.05, 0) is 44.5 Å². The van der Waals surface area contributed by atoms with Crippen molar-refractivity contribution in [1.29, 1.82) is 0 Å². The topological polar surface area (TPSA) is 82.4 Å². The smallest absolute Gasteiger partial charge is 0.267 e. The van der Waals surface area contributed by atoms with Gasteiger partial charge in [0.25, 0.3) is 5.56 Å². The number of aryl methyl sites for hydroxylation is 2. The minimum absolute atomic E-state index is 0.318. The van der Waals surface area contributed by atoms with Crippen molar-refractivity contribution < 1.29 is 14.3 Å². The summed E-state index contributed by atoms with van der Waals surface area (Å²) < 4.78 is 11.7. The van der Waals surface area contributed by atoms with Crippen molar-refractivity contribution in [1.82, 2.24) is 9.78 Å². The highest BCUT2D eigenvalue weighted by Gasteiger charge is 2.21. The summed E-state index contributed by atoms with van der Waals surface area (Å²) in [5.74, 6) is 0.363. The van der Waals surface area contributed by atoms with Gasteiger partial charge in [0.1, 0.15) is 17.5 Å². The third-order valence-corrected chi connectivity index (χ3v) is 5.27. The van der Waals surface area contributed by atoms with Gasteiger partial charge in [-0.15, -0.1) is 0 Å². The van der Waals surface area contributed by atoms with Crippen LogP contribution in [0.5, 0.6) is 11.5 Å². The lowest BCUT2D eigenvalue weighted by molar-refractivity contribution is -0.119. The molecule has 0 fully saturated rings. The Morgan fingerprint density at radius 2 is 1.77 bits per heavy atom. The van der Waals surface area contributed by atoms with Crippen LogP contribution in [0.15, 0.2) is 47.3 Å². The Bertz CT molecular complexity index is 1190. The van der Waals surface area contributed by atoms with Gasteiger partial charge in [-0.1, -0.05) is 29.3 Å². The van der Waals surface area contributed by atoms with E-state index in [0.29, 0.717) is 27.9 Å². The van der Waals surface area contributed by atoms with Crippen molar-refractivity contribution >= 4 is 23.2 Å². The number of benzene rings is 2. The first kappa shape index (κ1) is 22.4. The molecule has 1 aromatic heterocycles. The van der Waals surface area contributed by atoms with Crippen LogP contribution >= 0.6 is 11.6 Å². The Morgan fingerprint density at radius 3 is 2.45 bits per heavy atom. The number of hydrogen-bond donors (Lipinski definition) is 1. The Labute approximate surface area is 185 Å². The number of nitrogens with zero attached hydrogens (tertiary/aromatic N) is 2. The molecule has 1 heterocycles. The first-order valence-corrected chi connectivity index (χ1v) is 10.0. The summed E-state index contributed by atoms with van der Waals surface area (Å²) in [6.07, 6.45) is 0. The van der Waals surface area contributed by atoms with E-state index in [0.717, 1.165) is 16.7 Å². The molecule has 0 aliphatic heterocycles. The molecule has 0 aliphatic carbocycles. The number of hydrogen-bond acceptors (Lipinski definition) is 5. The molecular weight excluding hydrogens is 418 g/mol. The van der Waals surface area contributed by atoms with E-state index in [4.69, 9.17) is 21.1 Å². The van der Waals surface area contributed by atoms with Crippen LogP contribution in [0.3, 0.4) is 0 Å². The monoisotopic (exact) mass is 441 g/mol. The van der Waals surface area contributed by atoms with Crippen LogP contribution in [0.2, 0.25) is 5.02 Å². The molecule has 0 radical (unpaired) electrons. The van der Waals surface area contributed by atoms with Crippen LogP contribution in [0.25, 0.3) is 11.3 Å². The fourth-order valence-electron chi connectivity index (χ4n) is 3.16. The van der Waals surface area contributed by atoms with Crippen molar-refractivity contribution in [2.75, 3.05) is 19.5 Å². The zero-order valence-corrected chi connectivity index (χ0v) is 18.8. The molecule has 7 nitrogen and oxygen atoms in total. The normalized spacial score (nSPS) is 11.7. The standard InChI is InChI=1S/C23H24ClN3O4/c1-13-6-7-14(2)16(10-13)18-8-9-22(28)27(26-18)15(3)23(29)25-19-11-17(24)20(30-4)12-21(19)31-5/h6-12,15H,1-5H3,(H,25,29)/t15-/m0/s1. The highest BCUT2D eigenvalue weighted by Crippen LogP contribution is 2.36. The molecule has 1 N–H and O–H groups in total. The molecule has 8 heteroatoms. The number of rotatable bonds is 6. The van der Waals surface area contributed by atoms with Gasteiger partial charge in [0.2, 0.25) is 5.91 Å². The number of halogens is 1. The molecule has 0 aliphatic rings. The molecule has 1 atom stereocenters. The van der Waals surface area contributed by atoms with E-state index in [9.17, 15) is 9.59 Å². The van der Waals surface area contributed by atoms with Gasteiger partial charge in [-0.2, -0.15) is 5.10 Å². The van der Waals surface area contributed by atoms with E-state index in [1.165, 1.54) is 31.0 Å². The summed E-state index contributed by atoms with van der Waals surface area (Å²) in [7, 11) is 2.96. The number of ether oxygens (including phenoxy) is 2. The third kappa shape index (κ3) is 4.72. The summed E-state index contributed by atoms with van der Waals surface area (Å²) in [4.78, 5) is 25.4. The summed E-state index contributed by atoms with van der Waals surface area (Å²) in [5, 5.41) is 7.53. The molecule has 1 amide bonds. The van der Waals surface area contributed by atoms with Gasteiger partial charge < -0.3 is 14.8 Å². The van der Waals surface area contributed by atoms with Crippen molar-refractivity contribution in [3.05, 3.63) is 69.0 Å². The van der Waals surface area contributed by atoms with Crippen molar-refractivity contribution in [3.8, 4) is 22.8 Å². The molecular formula is C23H24ClN3O4. The van der Waals surface area contributed by atoms with Crippen LogP contribution in [0.1, 0.15) is 24.1 Å². The lowest BCUT2D eigenvalue weighted by Crippen LogP contribution is -2.33. The van der Waals surface area contributed by atoms with E-state index in [2.05, 4.69) is 10.4 Å². The average molecular weight is 442 g/mol. The van der Waals surface area contributed by atoms with Gasteiger partial charge >= 0.3 is 0 Å². The molecule has 0 spiro atoms. The average Bonchev–Trinajstić information content (AvgIpc) is 2.75. The number of aromatic nitrogens is 2. The lowest BCUT2D eigenvalue weighted by Gasteiger charge is -2.17. The first-order valence-electron chi connectivity index (χ1n) is 9.65. The Balaban J connectivity index is 1.94. The number of carbonyl (C=O) groups excluding carboxylic acids is 1. The van der Waals surface area contributed by atoms with E-state index < -0.39 is 11.9 Å². The second-order valence-electron chi connectivity index (χ2n) is 7.17. The SMILES string of the molecule is COc1cc(OC)c(NC(=O)[C@H](C)n2nc(-c3cc(C)ccc3C)ccc2=O)cc1Cl. The molecule has 162 valence electrons. The maximum Gasteiger partial charge on any atom is 0.267 e. The first-order chi connectivity index (χ1) is 14.7. The maximum absolute atomic E-state index is 12.9. The van der Waals surface area contributed by atoms with E-state index in [1.807, 2.05) is 32.0 Å². The van der Waals surface area contributed by atoms with Gasteiger partial charge in [0, 0.05) is 17.7 Å². The minimum atomic E-state index is -0.872. The zero-order valence-electron chi connectivity index (χ0n) is 18.0. The highest BCUT2D eigenvalue weighted by atomic mass is 35.5. The van der Waals surface area contributed by atoms with Crippen LogP contribution < -0.4 is 20.3 Å². The van der Waals surface area contributed by atoms with Crippen molar-refractivity contribution in [2.45, 2.75) is 26.8 Å². The zero-order chi connectivity index (χ0) is 22.7. The second kappa shape index (κ2) is 9.22. The minimum Gasteiger partial charge on any atom is -0.495 e. The fourth-order valence-corrected chi connectivity index (χ4v) is 3.40. The quantitative estimate of drug-likeness (QED) is 0.613. The predicted octanol–water partition coefficient (Wildman–Crippen LogP) is 4.40. The Kier molecular flexibility index (Phi) is 6.65. The summed E-state index contributed by atoms with van der Waals surface area (Å²) in [5.41, 5.74) is 3.61. The Hall–Kier alpha value is -3.32. The molecule has 31 heavy (non-hydrogen) atoms. The second-order valence-corrected chi connectivity index (χ2v) is 7.58. The largest absolute Gasteiger partial charge is 0.495 e. The number of amides is 1. The summed E-state index contributed by atoms with van der Waals surface area (Å²) in [6.45, 7) is 5.57. The van der Waals surface area contributed by atoms with Gasteiger partial charge in [-0.25, -0.2) is 4.68 Å². The highest BCUT2D eigenvalue weighted by molar-refractivity contribution is 6.32. The number of anilines is 1. The Morgan fingerprint density at radius 1 is 1.06 bits per heavy atom. The molecule has 3 aromatic rings. The molecule has 0 saturated heterocycles. The molecule has 0 saturated carbocycles. The third-order valence-electron chi connectivity index (χ3n) is 4.97. The van der Waals surface area contributed by atoms with E-state index in [-0.39, 0.29) is 5.56 Å². The van der Waals surface area contributed by atoms with Gasteiger partial charge in [0.05, 0.1) is 30.6 Å². The van der Waals surface area contributed by atoms with Gasteiger partial charge in [-0.3, -0.25) is 9.59 Å². The van der Waals surface area contributed by atoms with Gasteiger partial charge in [0.15, 0.2) is 0 Å². The van der Waals surface area contributed by atoms with Crippen LogP contribution in [-0.4, -0.2) is 29.9 Å². The van der Waals surface area contributed by atoms with E-state index >= 15 is 0 Å². The van der Waals surface area contributed by atoms with Crippen molar-refractivity contribution in [2.24, 2.45) is 0 Å². The molecule has 2 aromatic carbocycles. The predicted molar refractivity (Wildman–Crippen MR) is 121 cm³/mol. The van der Waals surface area contributed by atoms with Crippen LogP contribution in [0.4, 0.5) is 5.69 Å². The summed E-state index contributed by atoms with van der Waals surface area (Å²) in [6, 6.07) is 11.3. The fraction of sp³-hybridized carbons (Fsp3) is 0.261. The van der Waals surface area contributed by atoms with Crippen molar-refractivity contribution in [3.63, 3.8) is 0 Å². The summed E-state index contributed by atoms with van der Waals surface area (Å²) >= 11 is 6.18. The number of nitrogens with one attached hydrogen (secondary N) is 1. The lowest BCUT2D eigenvalue weighted by atomic mass is 10.0. The number of methoxy groups -OCH3 is 2. The van der Waals surface area contributed by atoms with Crippen LogP contribution in [0, 0.1) is 13.8 Å². The number of carbonyl (C=O) groups is 1. The van der Waals surface area contributed by atoms with Crippen LogP contribution in [-0.2, 0) is 4.79 Å².